The van der Waals surface area contributed by atoms with Gasteiger partial charge in [-0.05, 0) is 17.5 Å². The summed E-state index contributed by atoms with van der Waals surface area (Å²) >= 11 is 0. The van der Waals surface area contributed by atoms with Gasteiger partial charge in [0.15, 0.2) is 5.60 Å². The zero-order valence-corrected chi connectivity index (χ0v) is 15.7. The summed E-state index contributed by atoms with van der Waals surface area (Å²) in [4.78, 5) is 25.2. The lowest BCUT2D eigenvalue weighted by atomic mass is 9.82. The zero-order valence-electron chi connectivity index (χ0n) is 15.7. The first-order valence-corrected chi connectivity index (χ1v) is 9.22. The summed E-state index contributed by atoms with van der Waals surface area (Å²) in [5.41, 5.74) is -1.22. The van der Waals surface area contributed by atoms with Crippen molar-refractivity contribution in [2.45, 2.75) is 50.1 Å². The molecule has 0 heterocycles. The van der Waals surface area contributed by atoms with Crippen molar-refractivity contribution in [3.8, 4) is 0 Å². The van der Waals surface area contributed by atoms with E-state index in [0.29, 0.717) is 11.1 Å². The van der Waals surface area contributed by atoms with E-state index in [9.17, 15) is 30.0 Å². The van der Waals surface area contributed by atoms with Crippen LogP contribution < -0.4 is 0 Å². The number of hydrogen-bond donors (Lipinski definition) is 4. The summed E-state index contributed by atoms with van der Waals surface area (Å²) in [5.74, 6) is -2.30. The van der Waals surface area contributed by atoms with Crippen LogP contribution in [0.3, 0.4) is 0 Å². The van der Waals surface area contributed by atoms with E-state index >= 15 is 0 Å². The first kappa shape index (κ1) is 21.9. The van der Waals surface area contributed by atoms with Crippen molar-refractivity contribution in [1.82, 2.24) is 0 Å². The van der Waals surface area contributed by atoms with E-state index in [2.05, 4.69) is 0 Å². The van der Waals surface area contributed by atoms with Gasteiger partial charge in [-0.2, -0.15) is 0 Å². The van der Waals surface area contributed by atoms with Crippen LogP contribution in [0.2, 0.25) is 0 Å². The third kappa shape index (κ3) is 5.11. The Balaban J connectivity index is 2.11. The molecule has 0 saturated carbocycles. The van der Waals surface area contributed by atoms with Crippen LogP contribution in [0.4, 0.5) is 0 Å². The summed E-state index contributed by atoms with van der Waals surface area (Å²) in [6.45, 7) is 1.40. The first-order valence-electron chi connectivity index (χ1n) is 9.22. The van der Waals surface area contributed by atoms with Gasteiger partial charge in [-0.25, -0.2) is 0 Å². The van der Waals surface area contributed by atoms with Crippen LogP contribution in [0, 0.1) is 0 Å². The van der Waals surface area contributed by atoms with Crippen molar-refractivity contribution >= 4 is 11.6 Å². The van der Waals surface area contributed by atoms with Crippen LogP contribution in [-0.4, -0.2) is 55.9 Å². The molecule has 150 valence electrons. The Hall–Kier alpha value is -2.38. The van der Waals surface area contributed by atoms with E-state index < -0.39 is 35.5 Å². The normalized spacial score (nSPS) is 16.6. The van der Waals surface area contributed by atoms with E-state index in [-0.39, 0.29) is 19.3 Å². The van der Waals surface area contributed by atoms with Gasteiger partial charge in [0, 0.05) is 12.8 Å². The zero-order chi connectivity index (χ0) is 20.7. The third-order valence-corrected chi connectivity index (χ3v) is 4.82. The standard InChI is InChI=1S/C22H26O6/c1-2-22(28,20(26)18(24)14-16-11-7-4-8-12-16)21(27)19(25)17(23)13-15-9-5-3-6-10-15/h3-12,17-19,23-25,28H,2,13-14H2,1H3/t17?,18?,19-,22+/m0/s1. The van der Waals surface area contributed by atoms with Crippen molar-refractivity contribution in [3.05, 3.63) is 71.8 Å². The minimum absolute atomic E-state index is 0.0195. The molecule has 0 aromatic heterocycles. The van der Waals surface area contributed by atoms with Gasteiger partial charge in [0.05, 0.1) is 6.10 Å². The van der Waals surface area contributed by atoms with Crippen molar-refractivity contribution < 1.29 is 30.0 Å². The molecule has 4 N–H and O–H groups in total. The second-order valence-electron chi connectivity index (χ2n) is 6.85. The highest BCUT2D eigenvalue weighted by atomic mass is 16.4. The molecule has 6 nitrogen and oxygen atoms in total. The van der Waals surface area contributed by atoms with Gasteiger partial charge in [0.25, 0.3) is 0 Å². The van der Waals surface area contributed by atoms with Gasteiger partial charge in [0.1, 0.15) is 12.2 Å². The molecule has 2 rings (SSSR count). The number of rotatable bonds is 10. The van der Waals surface area contributed by atoms with E-state index in [0.717, 1.165) is 0 Å². The summed E-state index contributed by atoms with van der Waals surface area (Å²) in [6, 6.07) is 17.4. The minimum atomic E-state index is -2.58. The van der Waals surface area contributed by atoms with Gasteiger partial charge >= 0.3 is 0 Å². The molecule has 0 bridgehead atoms. The molecule has 0 aliphatic carbocycles. The lowest BCUT2D eigenvalue weighted by Gasteiger charge is -2.30. The molecule has 0 saturated heterocycles. The van der Waals surface area contributed by atoms with Gasteiger partial charge in [0.2, 0.25) is 11.6 Å². The Morgan fingerprint density at radius 2 is 1.29 bits per heavy atom. The van der Waals surface area contributed by atoms with E-state index in [1.165, 1.54) is 6.92 Å². The summed E-state index contributed by atoms with van der Waals surface area (Å²) in [7, 11) is 0. The number of aliphatic hydroxyl groups is 4. The number of benzene rings is 2. The Kier molecular flexibility index (Phi) is 7.60. The van der Waals surface area contributed by atoms with Gasteiger partial charge in [-0.15, -0.1) is 0 Å². The highest BCUT2D eigenvalue weighted by Crippen LogP contribution is 2.21. The first-order chi connectivity index (χ1) is 13.3. The number of hydrogen-bond acceptors (Lipinski definition) is 6. The number of carbonyl (C=O) groups is 2. The topological polar surface area (TPSA) is 115 Å². The van der Waals surface area contributed by atoms with E-state index in [4.69, 9.17) is 0 Å². The van der Waals surface area contributed by atoms with Crippen molar-refractivity contribution in [1.29, 1.82) is 0 Å². The van der Waals surface area contributed by atoms with Crippen molar-refractivity contribution in [2.24, 2.45) is 0 Å². The maximum atomic E-state index is 12.6. The molecule has 28 heavy (non-hydrogen) atoms. The molecular weight excluding hydrogens is 360 g/mol. The molecule has 0 fully saturated rings. The molecule has 0 amide bonds. The molecular formula is C22H26O6. The molecule has 4 atom stereocenters. The average Bonchev–Trinajstić information content (AvgIpc) is 2.72. The number of Topliss-reactive ketones (excluding diaryl/α,β-unsaturated/α-hetero) is 2. The molecule has 6 heteroatoms. The maximum Gasteiger partial charge on any atom is 0.203 e. The minimum Gasteiger partial charge on any atom is -0.390 e. The highest BCUT2D eigenvalue weighted by Gasteiger charge is 2.48. The predicted molar refractivity (Wildman–Crippen MR) is 104 cm³/mol. The molecule has 0 spiro atoms. The second kappa shape index (κ2) is 9.71. The van der Waals surface area contributed by atoms with Crippen LogP contribution in [0.5, 0.6) is 0 Å². The van der Waals surface area contributed by atoms with Gasteiger partial charge in [-0.1, -0.05) is 67.6 Å². The Morgan fingerprint density at radius 3 is 1.75 bits per heavy atom. The Labute approximate surface area is 164 Å². The van der Waals surface area contributed by atoms with Crippen LogP contribution >= 0.6 is 0 Å². The SMILES string of the molecule is CC[C@@](O)(C(=O)C(O)Cc1ccccc1)C(=O)[C@@H](O)C(O)Cc1ccccc1. The van der Waals surface area contributed by atoms with Crippen LogP contribution in [0.25, 0.3) is 0 Å². The Bertz CT molecular complexity index is 776. The lowest BCUT2D eigenvalue weighted by Crippen LogP contribution is -2.57. The van der Waals surface area contributed by atoms with Gasteiger partial charge in [-0.3, -0.25) is 9.59 Å². The van der Waals surface area contributed by atoms with Crippen LogP contribution in [-0.2, 0) is 22.4 Å². The lowest BCUT2D eigenvalue weighted by molar-refractivity contribution is -0.165. The molecule has 2 aromatic carbocycles. The fourth-order valence-electron chi connectivity index (χ4n) is 3.06. The van der Waals surface area contributed by atoms with E-state index in [1.807, 2.05) is 0 Å². The summed E-state index contributed by atoms with van der Waals surface area (Å²) in [6.07, 6.45) is -5.49. The quantitative estimate of drug-likeness (QED) is 0.450. The monoisotopic (exact) mass is 386 g/mol. The van der Waals surface area contributed by atoms with E-state index in [1.54, 1.807) is 60.7 Å². The number of carbonyl (C=O) groups excluding carboxylic acids is 2. The van der Waals surface area contributed by atoms with Crippen molar-refractivity contribution in [3.63, 3.8) is 0 Å². The fraction of sp³-hybridized carbons (Fsp3) is 0.364. The average molecular weight is 386 g/mol. The number of aliphatic hydroxyl groups excluding tert-OH is 3. The molecule has 2 aromatic rings. The van der Waals surface area contributed by atoms with Crippen molar-refractivity contribution in [2.75, 3.05) is 0 Å². The van der Waals surface area contributed by atoms with Crippen LogP contribution in [0.1, 0.15) is 24.5 Å². The largest absolute Gasteiger partial charge is 0.390 e. The predicted octanol–water partition coefficient (Wildman–Crippen LogP) is 0.834. The maximum absolute atomic E-state index is 12.6. The number of ketones is 2. The fourth-order valence-corrected chi connectivity index (χ4v) is 3.06. The van der Waals surface area contributed by atoms with Gasteiger partial charge < -0.3 is 20.4 Å². The summed E-state index contributed by atoms with van der Waals surface area (Å²) < 4.78 is 0. The highest BCUT2D eigenvalue weighted by molar-refractivity contribution is 6.13. The second-order valence-corrected chi connectivity index (χ2v) is 6.85. The molecule has 2 unspecified atom stereocenters. The molecule has 0 aliphatic heterocycles. The third-order valence-electron chi connectivity index (χ3n) is 4.82. The molecule has 0 aliphatic rings. The smallest absolute Gasteiger partial charge is 0.203 e. The molecule has 0 radical (unpaired) electrons. The van der Waals surface area contributed by atoms with Crippen LogP contribution in [0.15, 0.2) is 60.7 Å². The Morgan fingerprint density at radius 1 is 0.821 bits per heavy atom. The summed E-state index contributed by atoms with van der Waals surface area (Å²) in [5, 5.41) is 41.3.